The summed E-state index contributed by atoms with van der Waals surface area (Å²) in [6, 6.07) is 22.7. The normalized spacial score (nSPS) is 11.6. The minimum absolute atomic E-state index is 0.102. The van der Waals surface area contributed by atoms with E-state index in [1.165, 1.54) is 19.1 Å². The van der Waals surface area contributed by atoms with E-state index >= 15 is 0 Å². The molecule has 3 rings (SSSR count). The van der Waals surface area contributed by atoms with Crippen molar-refractivity contribution >= 4 is 11.8 Å². The first-order chi connectivity index (χ1) is 14.0. The first-order valence-corrected chi connectivity index (χ1v) is 9.36. The predicted molar refractivity (Wildman–Crippen MR) is 111 cm³/mol. The molecule has 1 N–H and O–H groups in total. The first kappa shape index (κ1) is 20.3. The minimum atomic E-state index is -0.344. The second-order valence-corrected chi connectivity index (χ2v) is 6.89. The van der Waals surface area contributed by atoms with Gasteiger partial charge in [-0.1, -0.05) is 54.6 Å². The maximum Gasteiger partial charge on any atom is 0.254 e. The van der Waals surface area contributed by atoms with Crippen LogP contribution < -0.4 is 5.32 Å². The molecule has 3 aromatic carbocycles. The lowest BCUT2D eigenvalue weighted by atomic mass is 9.96. The van der Waals surface area contributed by atoms with Gasteiger partial charge in [-0.05, 0) is 41.0 Å². The molecule has 4 nitrogen and oxygen atoms in total. The third kappa shape index (κ3) is 5.08. The monoisotopic (exact) mass is 390 g/mol. The number of carbonyl (C=O) groups excluding carboxylic acids is 2. The quantitative estimate of drug-likeness (QED) is 0.681. The lowest BCUT2D eigenvalue weighted by Crippen LogP contribution is -2.32. The Kier molecular flexibility index (Phi) is 6.39. The zero-order valence-electron chi connectivity index (χ0n) is 16.4. The predicted octanol–water partition coefficient (Wildman–Crippen LogP) is 4.32. The molecule has 1 unspecified atom stereocenters. The van der Waals surface area contributed by atoms with Crippen LogP contribution in [0.2, 0.25) is 0 Å². The standard InChI is InChI=1S/C24H23FN2O2/c1-17(28)26-16-18-8-10-21(11-9-18)24(29)27(2)23(19-6-4-3-5-7-19)20-12-14-22(25)15-13-20/h3-15,23H,16H2,1-2H3,(H,26,28). The van der Waals surface area contributed by atoms with Gasteiger partial charge < -0.3 is 10.2 Å². The molecular formula is C24H23FN2O2. The molecule has 0 radical (unpaired) electrons. The second-order valence-electron chi connectivity index (χ2n) is 6.89. The molecule has 0 aromatic heterocycles. The number of amides is 2. The van der Waals surface area contributed by atoms with Crippen LogP contribution in [0.1, 0.15) is 40.0 Å². The summed E-state index contributed by atoms with van der Waals surface area (Å²) in [4.78, 5) is 25.9. The Morgan fingerprint density at radius 1 is 0.897 bits per heavy atom. The minimum Gasteiger partial charge on any atom is -0.352 e. The highest BCUT2D eigenvalue weighted by atomic mass is 19.1. The molecule has 0 saturated carbocycles. The zero-order valence-corrected chi connectivity index (χ0v) is 16.4. The van der Waals surface area contributed by atoms with Crippen LogP contribution in [0.4, 0.5) is 4.39 Å². The van der Waals surface area contributed by atoms with Gasteiger partial charge >= 0.3 is 0 Å². The topological polar surface area (TPSA) is 49.4 Å². The zero-order chi connectivity index (χ0) is 20.8. The number of nitrogens with one attached hydrogen (secondary N) is 1. The fourth-order valence-electron chi connectivity index (χ4n) is 3.23. The number of hydrogen-bond acceptors (Lipinski definition) is 2. The van der Waals surface area contributed by atoms with Crippen LogP contribution in [0.15, 0.2) is 78.9 Å². The summed E-state index contributed by atoms with van der Waals surface area (Å²) in [7, 11) is 1.74. The molecule has 0 heterocycles. The van der Waals surface area contributed by atoms with Crippen molar-refractivity contribution in [1.29, 1.82) is 0 Å². The Labute approximate surface area is 170 Å². The van der Waals surface area contributed by atoms with Crippen molar-refractivity contribution in [3.63, 3.8) is 0 Å². The second kappa shape index (κ2) is 9.15. The van der Waals surface area contributed by atoms with Gasteiger partial charge in [0.25, 0.3) is 5.91 Å². The molecule has 148 valence electrons. The molecule has 0 aliphatic carbocycles. The van der Waals surface area contributed by atoms with Crippen LogP contribution in [-0.2, 0) is 11.3 Å². The van der Waals surface area contributed by atoms with E-state index in [4.69, 9.17) is 0 Å². The number of hydrogen-bond donors (Lipinski definition) is 1. The highest BCUT2D eigenvalue weighted by Crippen LogP contribution is 2.29. The third-order valence-corrected chi connectivity index (χ3v) is 4.75. The molecule has 0 aliphatic rings. The molecule has 0 bridgehead atoms. The van der Waals surface area contributed by atoms with E-state index in [2.05, 4.69) is 5.32 Å². The van der Waals surface area contributed by atoms with Gasteiger partial charge in [0.2, 0.25) is 5.91 Å². The van der Waals surface area contributed by atoms with E-state index < -0.39 is 0 Å². The summed E-state index contributed by atoms with van der Waals surface area (Å²) in [5, 5.41) is 2.73. The number of nitrogens with zero attached hydrogens (tertiary/aromatic N) is 1. The van der Waals surface area contributed by atoms with Crippen LogP contribution in [0.5, 0.6) is 0 Å². The van der Waals surface area contributed by atoms with Crippen LogP contribution in [0, 0.1) is 5.82 Å². The summed E-state index contributed by atoms with van der Waals surface area (Å²) in [6.07, 6.45) is 0. The van der Waals surface area contributed by atoms with Crippen LogP contribution in [-0.4, -0.2) is 23.8 Å². The molecule has 0 aliphatic heterocycles. The number of benzene rings is 3. The SMILES string of the molecule is CC(=O)NCc1ccc(C(=O)N(C)C(c2ccccc2)c2ccc(F)cc2)cc1. The van der Waals surface area contributed by atoms with Crippen LogP contribution in [0.25, 0.3) is 0 Å². The van der Waals surface area contributed by atoms with E-state index in [1.807, 2.05) is 42.5 Å². The van der Waals surface area contributed by atoms with E-state index in [9.17, 15) is 14.0 Å². The molecule has 0 fully saturated rings. The summed E-state index contributed by atoms with van der Waals surface area (Å²) in [5.41, 5.74) is 3.23. The van der Waals surface area contributed by atoms with Crippen molar-refractivity contribution in [2.24, 2.45) is 0 Å². The smallest absolute Gasteiger partial charge is 0.254 e. The molecule has 1 atom stereocenters. The molecular weight excluding hydrogens is 367 g/mol. The van der Waals surface area contributed by atoms with Crippen LogP contribution in [0.3, 0.4) is 0 Å². The van der Waals surface area contributed by atoms with Gasteiger partial charge in [-0.3, -0.25) is 9.59 Å². The summed E-state index contributed by atoms with van der Waals surface area (Å²) in [5.74, 6) is -0.562. The largest absolute Gasteiger partial charge is 0.352 e. The van der Waals surface area contributed by atoms with Gasteiger partial charge in [0, 0.05) is 26.1 Å². The summed E-state index contributed by atoms with van der Waals surface area (Å²) in [6.45, 7) is 1.88. The van der Waals surface area contributed by atoms with E-state index in [1.54, 1.807) is 36.2 Å². The van der Waals surface area contributed by atoms with E-state index in [0.717, 1.165) is 16.7 Å². The Bertz CT molecular complexity index is 970. The fraction of sp³-hybridized carbons (Fsp3) is 0.167. The molecule has 0 saturated heterocycles. The molecule has 3 aromatic rings. The Balaban J connectivity index is 1.87. The number of carbonyl (C=O) groups is 2. The molecule has 2 amide bonds. The van der Waals surface area contributed by atoms with Crippen molar-refractivity contribution in [3.05, 3.63) is 107 Å². The third-order valence-electron chi connectivity index (χ3n) is 4.75. The average molecular weight is 390 g/mol. The maximum absolute atomic E-state index is 13.4. The number of halogens is 1. The van der Waals surface area contributed by atoms with Crippen molar-refractivity contribution in [2.45, 2.75) is 19.5 Å². The first-order valence-electron chi connectivity index (χ1n) is 9.36. The van der Waals surface area contributed by atoms with Crippen LogP contribution >= 0.6 is 0 Å². The van der Waals surface area contributed by atoms with Crippen molar-refractivity contribution in [1.82, 2.24) is 10.2 Å². The van der Waals surface area contributed by atoms with Crippen molar-refractivity contribution in [3.8, 4) is 0 Å². The Morgan fingerprint density at radius 3 is 2.07 bits per heavy atom. The van der Waals surface area contributed by atoms with Gasteiger partial charge in [-0.25, -0.2) is 4.39 Å². The average Bonchev–Trinajstić information content (AvgIpc) is 2.74. The van der Waals surface area contributed by atoms with Gasteiger partial charge in [-0.2, -0.15) is 0 Å². The Hall–Kier alpha value is -3.47. The van der Waals surface area contributed by atoms with Gasteiger partial charge in [-0.15, -0.1) is 0 Å². The summed E-state index contributed by atoms with van der Waals surface area (Å²) >= 11 is 0. The summed E-state index contributed by atoms with van der Waals surface area (Å²) < 4.78 is 13.4. The Morgan fingerprint density at radius 2 is 1.48 bits per heavy atom. The fourth-order valence-corrected chi connectivity index (χ4v) is 3.23. The van der Waals surface area contributed by atoms with Gasteiger partial charge in [0.15, 0.2) is 0 Å². The highest BCUT2D eigenvalue weighted by molar-refractivity contribution is 5.94. The van der Waals surface area contributed by atoms with Crippen molar-refractivity contribution in [2.75, 3.05) is 7.05 Å². The molecule has 0 spiro atoms. The lowest BCUT2D eigenvalue weighted by molar-refractivity contribution is -0.119. The lowest BCUT2D eigenvalue weighted by Gasteiger charge is -2.29. The molecule has 5 heteroatoms. The highest BCUT2D eigenvalue weighted by Gasteiger charge is 2.24. The van der Waals surface area contributed by atoms with Gasteiger partial charge in [0.05, 0.1) is 6.04 Å². The maximum atomic E-state index is 13.4. The van der Waals surface area contributed by atoms with E-state index in [-0.39, 0.29) is 23.7 Å². The van der Waals surface area contributed by atoms with Gasteiger partial charge in [0.1, 0.15) is 5.82 Å². The van der Waals surface area contributed by atoms with E-state index in [0.29, 0.717) is 12.1 Å². The molecule has 29 heavy (non-hydrogen) atoms. The van der Waals surface area contributed by atoms with Crippen molar-refractivity contribution < 1.29 is 14.0 Å². The number of rotatable bonds is 6.